The Labute approximate surface area is 131 Å². The molecule has 0 bridgehead atoms. The molecule has 122 valence electrons. The van der Waals surface area contributed by atoms with Crippen molar-refractivity contribution in [3.05, 3.63) is 24.5 Å². The number of pyridine rings is 1. The van der Waals surface area contributed by atoms with Crippen molar-refractivity contribution in [2.45, 2.75) is 52.0 Å². The molecule has 0 aliphatic carbocycles. The number of aromatic nitrogens is 1. The predicted octanol–water partition coefficient (Wildman–Crippen LogP) is 2.83. The summed E-state index contributed by atoms with van der Waals surface area (Å²) in [5.41, 5.74) is -1.26. The van der Waals surface area contributed by atoms with Crippen LogP contribution in [-0.2, 0) is 9.47 Å². The van der Waals surface area contributed by atoms with Crippen LogP contribution in [0.15, 0.2) is 24.5 Å². The largest absolute Gasteiger partial charge is 0.491 e. The number of hydrogen-bond donors (Lipinski definition) is 0. The van der Waals surface area contributed by atoms with Crippen molar-refractivity contribution in [1.29, 1.82) is 0 Å². The molecule has 2 rings (SSSR count). The van der Waals surface area contributed by atoms with Crippen LogP contribution in [0.3, 0.4) is 0 Å². The van der Waals surface area contributed by atoms with Crippen LogP contribution in [-0.4, -0.2) is 46.6 Å². The summed E-state index contributed by atoms with van der Waals surface area (Å²) in [6.45, 7) is 9.99. The van der Waals surface area contributed by atoms with E-state index in [0.29, 0.717) is 19.0 Å². The monoisotopic (exact) mass is 308 g/mol. The van der Waals surface area contributed by atoms with Gasteiger partial charge in [0, 0.05) is 12.4 Å². The summed E-state index contributed by atoms with van der Waals surface area (Å²) >= 11 is 0. The average molecular weight is 308 g/mol. The Morgan fingerprint density at radius 2 is 2.05 bits per heavy atom. The molecule has 1 aromatic rings. The predicted molar refractivity (Wildman–Crippen MR) is 81.6 cm³/mol. The third-order valence-electron chi connectivity index (χ3n) is 3.26. The quantitative estimate of drug-likeness (QED) is 0.859. The maximum Gasteiger partial charge on any atom is 0.413 e. The molecule has 2 heterocycles. The number of nitrogens with zero attached hydrogens (tertiary/aromatic N) is 2. The molecule has 6 heteroatoms. The average Bonchev–Trinajstić information content (AvgIpc) is 2.71. The first kappa shape index (κ1) is 16.5. The van der Waals surface area contributed by atoms with Crippen molar-refractivity contribution in [3.63, 3.8) is 0 Å². The number of carbonyl (C=O) groups excluding carboxylic acids is 1. The van der Waals surface area contributed by atoms with Gasteiger partial charge in [0.05, 0.1) is 12.6 Å². The summed E-state index contributed by atoms with van der Waals surface area (Å²) in [4.78, 5) is 18.0. The maximum atomic E-state index is 12.5. The van der Waals surface area contributed by atoms with Crippen LogP contribution in [0.25, 0.3) is 0 Å². The lowest BCUT2D eigenvalue weighted by Crippen LogP contribution is -2.51. The lowest BCUT2D eigenvalue weighted by molar-refractivity contribution is -0.0637. The van der Waals surface area contributed by atoms with Gasteiger partial charge in [-0.1, -0.05) is 0 Å². The second-order valence-electron chi connectivity index (χ2n) is 6.76. The van der Waals surface area contributed by atoms with Gasteiger partial charge in [0.15, 0.2) is 0 Å². The summed E-state index contributed by atoms with van der Waals surface area (Å²) in [6.07, 6.45) is 2.94. The molecule has 0 radical (unpaired) electrons. The third kappa shape index (κ3) is 4.10. The highest BCUT2D eigenvalue weighted by atomic mass is 16.6. The van der Waals surface area contributed by atoms with Crippen LogP contribution in [0.5, 0.6) is 5.75 Å². The number of carbonyl (C=O) groups is 1. The molecule has 1 aliphatic heterocycles. The highest BCUT2D eigenvalue weighted by molar-refractivity contribution is 5.69. The van der Waals surface area contributed by atoms with E-state index in [-0.39, 0.29) is 6.04 Å². The number of hydrogen-bond acceptors (Lipinski definition) is 5. The Kier molecular flexibility index (Phi) is 4.60. The molecule has 22 heavy (non-hydrogen) atoms. The van der Waals surface area contributed by atoms with Gasteiger partial charge < -0.3 is 14.2 Å². The molecule has 0 saturated carbocycles. The Balaban J connectivity index is 2.04. The molecule has 6 nitrogen and oxygen atoms in total. The Bertz CT molecular complexity index is 511. The summed E-state index contributed by atoms with van der Waals surface area (Å²) in [6, 6.07) is 3.36. The molecule has 1 fully saturated rings. The fourth-order valence-electron chi connectivity index (χ4n) is 2.31. The standard InChI is InChI=1S/C16H24N2O4/c1-15(2,3)22-14(19)18-12(11-21-16(18,4)5)10-20-13-6-8-17-9-7-13/h6-9,12H,10-11H2,1-5H3/t12-/m1/s1. The molecular weight excluding hydrogens is 284 g/mol. The zero-order chi connectivity index (χ0) is 16.4. The molecule has 0 N–H and O–H groups in total. The van der Waals surface area contributed by atoms with Gasteiger partial charge in [-0.2, -0.15) is 0 Å². The highest BCUT2D eigenvalue weighted by Crippen LogP contribution is 2.29. The fraction of sp³-hybridized carbons (Fsp3) is 0.625. The summed E-state index contributed by atoms with van der Waals surface area (Å²) in [5, 5.41) is 0. The molecular formula is C16H24N2O4. The maximum absolute atomic E-state index is 12.5. The molecule has 0 spiro atoms. The van der Waals surface area contributed by atoms with E-state index >= 15 is 0 Å². The minimum Gasteiger partial charge on any atom is -0.491 e. The normalized spacial score (nSPS) is 20.8. The first-order valence-corrected chi connectivity index (χ1v) is 7.38. The van der Waals surface area contributed by atoms with Crippen LogP contribution in [0.2, 0.25) is 0 Å². The van der Waals surface area contributed by atoms with Gasteiger partial charge in [0.1, 0.15) is 23.7 Å². The van der Waals surface area contributed by atoms with E-state index in [0.717, 1.165) is 0 Å². The van der Waals surface area contributed by atoms with Crippen LogP contribution >= 0.6 is 0 Å². The van der Waals surface area contributed by atoms with Gasteiger partial charge >= 0.3 is 6.09 Å². The van der Waals surface area contributed by atoms with E-state index in [1.54, 1.807) is 29.4 Å². The molecule has 1 atom stereocenters. The van der Waals surface area contributed by atoms with E-state index in [1.165, 1.54) is 0 Å². The first-order valence-electron chi connectivity index (χ1n) is 7.38. The smallest absolute Gasteiger partial charge is 0.413 e. The van der Waals surface area contributed by atoms with Crippen molar-refractivity contribution >= 4 is 6.09 Å². The van der Waals surface area contributed by atoms with Crippen LogP contribution in [0.1, 0.15) is 34.6 Å². The van der Waals surface area contributed by atoms with Crippen molar-refractivity contribution in [3.8, 4) is 5.75 Å². The molecule has 1 aromatic heterocycles. The summed E-state index contributed by atoms with van der Waals surface area (Å²) in [5.74, 6) is 0.712. The van der Waals surface area contributed by atoms with Gasteiger partial charge in [-0.3, -0.25) is 9.88 Å². The number of rotatable bonds is 3. The fourth-order valence-corrected chi connectivity index (χ4v) is 2.31. The van der Waals surface area contributed by atoms with Gasteiger partial charge in [0.2, 0.25) is 0 Å². The van der Waals surface area contributed by atoms with Crippen LogP contribution < -0.4 is 4.74 Å². The van der Waals surface area contributed by atoms with E-state index < -0.39 is 17.4 Å². The van der Waals surface area contributed by atoms with Crippen LogP contribution in [0, 0.1) is 0 Å². The molecule has 1 aliphatic rings. The van der Waals surface area contributed by atoms with Gasteiger partial charge in [-0.05, 0) is 46.8 Å². The number of amides is 1. The minimum absolute atomic E-state index is 0.196. The summed E-state index contributed by atoms with van der Waals surface area (Å²) < 4.78 is 16.9. The Hall–Kier alpha value is -1.82. The number of ether oxygens (including phenoxy) is 3. The Morgan fingerprint density at radius 1 is 1.41 bits per heavy atom. The van der Waals surface area contributed by atoms with Crippen molar-refractivity contribution in [2.24, 2.45) is 0 Å². The van der Waals surface area contributed by atoms with Crippen molar-refractivity contribution < 1.29 is 19.0 Å². The topological polar surface area (TPSA) is 60.9 Å². The van der Waals surface area contributed by atoms with Crippen LogP contribution in [0.4, 0.5) is 4.79 Å². The Morgan fingerprint density at radius 3 is 2.64 bits per heavy atom. The lowest BCUT2D eigenvalue weighted by Gasteiger charge is -2.34. The van der Waals surface area contributed by atoms with Gasteiger partial charge in [0.25, 0.3) is 0 Å². The zero-order valence-electron chi connectivity index (χ0n) is 13.8. The first-order chi connectivity index (χ1) is 10.2. The molecule has 1 amide bonds. The second kappa shape index (κ2) is 6.12. The summed E-state index contributed by atoms with van der Waals surface area (Å²) in [7, 11) is 0. The molecule has 1 saturated heterocycles. The van der Waals surface area contributed by atoms with Gasteiger partial charge in [-0.15, -0.1) is 0 Å². The lowest BCUT2D eigenvalue weighted by atomic mass is 10.2. The highest BCUT2D eigenvalue weighted by Gasteiger charge is 2.46. The molecule has 0 aromatic carbocycles. The third-order valence-corrected chi connectivity index (χ3v) is 3.26. The second-order valence-corrected chi connectivity index (χ2v) is 6.76. The minimum atomic E-state index is -0.714. The van der Waals surface area contributed by atoms with E-state index in [2.05, 4.69) is 4.98 Å². The van der Waals surface area contributed by atoms with E-state index in [1.807, 2.05) is 34.6 Å². The van der Waals surface area contributed by atoms with Crippen molar-refractivity contribution in [1.82, 2.24) is 9.88 Å². The van der Waals surface area contributed by atoms with E-state index in [9.17, 15) is 4.79 Å². The van der Waals surface area contributed by atoms with E-state index in [4.69, 9.17) is 14.2 Å². The van der Waals surface area contributed by atoms with Gasteiger partial charge in [-0.25, -0.2) is 4.79 Å². The zero-order valence-corrected chi connectivity index (χ0v) is 13.8. The molecule has 0 unspecified atom stereocenters. The van der Waals surface area contributed by atoms with Crippen molar-refractivity contribution in [2.75, 3.05) is 13.2 Å². The SMILES string of the molecule is CC(C)(C)OC(=O)N1[C@H](COc2ccncc2)COC1(C)C.